The van der Waals surface area contributed by atoms with E-state index < -0.39 is 5.79 Å². The monoisotopic (exact) mass is 637 g/mol. The fourth-order valence-electron chi connectivity index (χ4n) is 5.40. The highest BCUT2D eigenvalue weighted by molar-refractivity contribution is 5.99. The number of anilines is 2. The summed E-state index contributed by atoms with van der Waals surface area (Å²) in [7, 11) is 0. The summed E-state index contributed by atoms with van der Waals surface area (Å²) in [5.41, 5.74) is 5.33. The van der Waals surface area contributed by atoms with Crippen molar-refractivity contribution in [2.75, 3.05) is 36.9 Å². The minimum Gasteiger partial charge on any atom is -0.491 e. The van der Waals surface area contributed by atoms with Gasteiger partial charge in [0, 0.05) is 37.3 Å². The van der Waals surface area contributed by atoms with Gasteiger partial charge in [0.1, 0.15) is 24.2 Å². The van der Waals surface area contributed by atoms with Crippen LogP contribution in [0.15, 0.2) is 97.1 Å². The molecule has 0 spiro atoms. The van der Waals surface area contributed by atoms with Gasteiger partial charge in [-0.25, -0.2) is 9.59 Å². The van der Waals surface area contributed by atoms with E-state index in [4.69, 9.17) is 23.7 Å². The maximum absolute atomic E-state index is 12.6. The van der Waals surface area contributed by atoms with Crippen molar-refractivity contribution < 1.29 is 33.3 Å². The van der Waals surface area contributed by atoms with Gasteiger partial charge in [0.15, 0.2) is 0 Å². The molecule has 1 fully saturated rings. The van der Waals surface area contributed by atoms with E-state index in [1.807, 2.05) is 111 Å². The quantitative estimate of drug-likeness (QED) is 0.157. The third-order valence-corrected chi connectivity index (χ3v) is 7.85. The number of amides is 3. The Morgan fingerprint density at radius 3 is 2.51 bits per heavy atom. The van der Waals surface area contributed by atoms with Gasteiger partial charge in [-0.05, 0) is 71.6 Å². The van der Waals surface area contributed by atoms with E-state index in [1.54, 1.807) is 4.90 Å². The van der Waals surface area contributed by atoms with E-state index in [0.29, 0.717) is 51.6 Å². The molecule has 1 atom stereocenters. The van der Waals surface area contributed by atoms with Crippen LogP contribution in [0.1, 0.15) is 42.2 Å². The van der Waals surface area contributed by atoms with E-state index in [0.717, 1.165) is 39.4 Å². The molecule has 0 radical (unpaired) electrons. The van der Waals surface area contributed by atoms with Crippen molar-refractivity contribution in [3.63, 3.8) is 0 Å². The molecule has 47 heavy (non-hydrogen) atoms. The van der Waals surface area contributed by atoms with Gasteiger partial charge in [0.2, 0.25) is 5.79 Å². The highest BCUT2D eigenvalue weighted by atomic mass is 16.7. The molecule has 1 saturated heterocycles. The molecule has 0 bridgehead atoms. The highest BCUT2D eigenvalue weighted by Gasteiger charge is 2.33. The van der Waals surface area contributed by atoms with Gasteiger partial charge in [0.05, 0.1) is 26.4 Å². The molecule has 0 aromatic heterocycles. The second kappa shape index (κ2) is 14.6. The molecule has 6 rings (SSSR count). The molecule has 2 aliphatic rings. The van der Waals surface area contributed by atoms with Gasteiger partial charge in [-0.15, -0.1) is 0 Å². The molecule has 3 amide bonds. The largest absolute Gasteiger partial charge is 0.491 e. The lowest BCUT2D eigenvalue weighted by molar-refractivity contribution is -0.180. The molecule has 4 aromatic carbocycles. The predicted molar refractivity (Wildman–Crippen MR) is 178 cm³/mol. The molecule has 0 saturated carbocycles. The van der Waals surface area contributed by atoms with E-state index in [-0.39, 0.29) is 18.2 Å². The zero-order chi connectivity index (χ0) is 32.6. The van der Waals surface area contributed by atoms with Crippen LogP contribution in [-0.2, 0) is 33.8 Å². The summed E-state index contributed by atoms with van der Waals surface area (Å²) in [6.45, 7) is 6.49. The third kappa shape index (κ3) is 8.81. The summed E-state index contributed by atoms with van der Waals surface area (Å²) in [4.78, 5) is 26.6. The number of ether oxygens (including phenoxy) is 5. The van der Waals surface area contributed by atoms with E-state index in [9.17, 15) is 9.59 Å². The number of carbonyl (C=O) groups is 2. The Morgan fingerprint density at radius 2 is 1.68 bits per heavy atom. The van der Waals surface area contributed by atoms with Gasteiger partial charge in [-0.3, -0.25) is 0 Å². The highest BCUT2D eigenvalue weighted by Crippen LogP contribution is 2.35. The van der Waals surface area contributed by atoms with Crippen molar-refractivity contribution in [3.05, 3.63) is 119 Å². The number of carbonyl (C=O) groups excluding carboxylic acids is 2. The van der Waals surface area contributed by atoms with Crippen LogP contribution in [0.5, 0.6) is 11.5 Å². The van der Waals surface area contributed by atoms with Crippen molar-refractivity contribution in [3.8, 4) is 11.5 Å². The Morgan fingerprint density at radius 1 is 0.894 bits per heavy atom. The first-order valence-electron chi connectivity index (χ1n) is 15.7. The fourth-order valence-corrected chi connectivity index (χ4v) is 5.40. The average Bonchev–Trinajstić information content (AvgIpc) is 3.44. The molecule has 244 valence electrons. The van der Waals surface area contributed by atoms with E-state index in [1.165, 1.54) is 0 Å². The number of urea groups is 1. The molecule has 0 unspecified atom stereocenters. The van der Waals surface area contributed by atoms with Gasteiger partial charge < -0.3 is 39.2 Å². The third-order valence-electron chi connectivity index (χ3n) is 7.85. The van der Waals surface area contributed by atoms with Crippen molar-refractivity contribution in [2.45, 2.75) is 45.4 Å². The van der Waals surface area contributed by atoms with Gasteiger partial charge in [-0.2, -0.15) is 0 Å². The number of nitrogens with zero attached hydrogens (tertiary/aromatic N) is 1. The number of para-hydroxylation sites is 1. The number of hydrogen-bond acceptors (Lipinski definition) is 7. The van der Waals surface area contributed by atoms with Crippen LogP contribution in [0.25, 0.3) is 0 Å². The molecule has 10 heteroatoms. The number of fused-ring (bicyclic) bond motifs is 1. The molecular weight excluding hydrogens is 598 g/mol. The Labute approximate surface area is 274 Å². The molecule has 0 aliphatic carbocycles. The van der Waals surface area contributed by atoms with Crippen molar-refractivity contribution in [2.24, 2.45) is 0 Å². The summed E-state index contributed by atoms with van der Waals surface area (Å²) >= 11 is 0. The number of cyclic esters (lactones) is 1. The number of hydrogen-bond donors (Lipinski definition) is 2. The molecule has 2 heterocycles. The van der Waals surface area contributed by atoms with Crippen LogP contribution in [0.3, 0.4) is 0 Å². The summed E-state index contributed by atoms with van der Waals surface area (Å²) in [5.74, 6) is 0.897. The Kier molecular flexibility index (Phi) is 9.89. The zero-order valence-electron chi connectivity index (χ0n) is 26.6. The summed E-state index contributed by atoms with van der Waals surface area (Å²) in [6.07, 6.45) is 0.0687. The normalized spacial score (nSPS) is 16.5. The van der Waals surface area contributed by atoms with Crippen LogP contribution < -0.4 is 20.1 Å². The van der Waals surface area contributed by atoms with Crippen LogP contribution in [0, 0.1) is 0 Å². The maximum atomic E-state index is 12.6. The van der Waals surface area contributed by atoms with Gasteiger partial charge in [0.25, 0.3) is 0 Å². The predicted octanol–water partition coefficient (Wildman–Crippen LogP) is 7.31. The Bertz CT molecular complexity index is 1680. The first-order chi connectivity index (χ1) is 22.8. The second-order valence-corrected chi connectivity index (χ2v) is 11.9. The Balaban J connectivity index is 0.889. The molecule has 10 nitrogen and oxygen atoms in total. The minimum absolute atomic E-state index is 0.307. The average molecular weight is 638 g/mol. The molecular formula is C37H39N3O7. The van der Waals surface area contributed by atoms with Gasteiger partial charge >= 0.3 is 12.1 Å². The summed E-state index contributed by atoms with van der Waals surface area (Å²) < 4.78 is 29.0. The van der Waals surface area contributed by atoms with Crippen molar-refractivity contribution >= 4 is 23.5 Å². The van der Waals surface area contributed by atoms with E-state index in [2.05, 4.69) is 10.6 Å². The number of rotatable bonds is 12. The standard InChI is InChI=1S/C37H39N3O7/c1-37(2)45-25-29-22-28(13-16-33(29)47-37)34-23-40(36(42)46-34)18-17-26-11-14-32(15-12-26)44-20-19-43-24-27-7-6-10-31(21-27)39-35(41)38-30-8-4-3-5-9-30/h3-16,21-22,34H,17-20,23-25H2,1-2H3,(H2,38,39,41)/t34-/m0/s1. The van der Waals surface area contributed by atoms with Gasteiger partial charge in [-0.1, -0.05) is 48.5 Å². The van der Waals surface area contributed by atoms with Crippen LogP contribution in [-0.4, -0.2) is 49.1 Å². The first kappa shape index (κ1) is 31.9. The van der Waals surface area contributed by atoms with Crippen LogP contribution in [0.4, 0.5) is 21.0 Å². The lowest BCUT2D eigenvalue weighted by Crippen LogP contribution is -2.35. The maximum Gasteiger partial charge on any atom is 0.410 e. The fraction of sp³-hybridized carbons (Fsp3) is 0.297. The lowest BCUT2D eigenvalue weighted by atomic mass is 10.0. The minimum atomic E-state index is -0.650. The summed E-state index contributed by atoms with van der Waals surface area (Å²) in [6, 6.07) is 30.2. The molecule has 2 aliphatic heterocycles. The van der Waals surface area contributed by atoms with Crippen molar-refractivity contribution in [1.82, 2.24) is 4.90 Å². The zero-order valence-corrected chi connectivity index (χ0v) is 26.6. The SMILES string of the molecule is CC1(C)OCc2cc([C@@H]3CN(CCc4ccc(OCCOCc5cccc(NC(=O)Nc6ccccc6)c5)cc4)C(=O)O3)ccc2O1. The smallest absolute Gasteiger partial charge is 0.410 e. The first-order valence-corrected chi connectivity index (χ1v) is 15.7. The number of nitrogens with one attached hydrogen (secondary N) is 2. The van der Waals surface area contributed by atoms with Crippen molar-refractivity contribution in [1.29, 1.82) is 0 Å². The number of benzene rings is 4. The van der Waals surface area contributed by atoms with Crippen LogP contribution >= 0.6 is 0 Å². The summed E-state index contributed by atoms with van der Waals surface area (Å²) in [5, 5.41) is 5.64. The topological polar surface area (TPSA) is 108 Å². The second-order valence-electron chi connectivity index (χ2n) is 11.9. The lowest BCUT2D eigenvalue weighted by Gasteiger charge is -2.32. The Hall–Kier alpha value is -5.06. The molecule has 4 aromatic rings. The molecule has 2 N–H and O–H groups in total. The van der Waals surface area contributed by atoms with E-state index >= 15 is 0 Å². The van der Waals surface area contributed by atoms with Crippen LogP contribution in [0.2, 0.25) is 0 Å².